The number of aromatic nitrogens is 1. The quantitative estimate of drug-likeness (QED) is 0.564. The maximum absolute atomic E-state index is 11.4. The van der Waals surface area contributed by atoms with Crippen LogP contribution in [-0.2, 0) is 4.79 Å². The summed E-state index contributed by atoms with van der Waals surface area (Å²) in [6, 6.07) is 3.33. The van der Waals surface area contributed by atoms with Crippen molar-refractivity contribution in [1.29, 1.82) is 0 Å². The number of carboxylic acids is 1. The number of aliphatic carboxylic acids is 1. The topological polar surface area (TPSA) is 79.3 Å². The molecule has 1 aromatic heterocycles. The Hall–Kier alpha value is -0.910. The Kier molecular flexibility index (Phi) is 7.80. The number of hydrogen-bond donors (Lipinski definition) is 2. The zero-order valence-electron chi connectivity index (χ0n) is 9.14. The summed E-state index contributed by atoms with van der Waals surface area (Å²) in [6.07, 6.45) is 3.54. The van der Waals surface area contributed by atoms with E-state index in [1.54, 1.807) is 18.3 Å². The van der Waals surface area contributed by atoms with Gasteiger partial charge in [-0.2, -0.15) is 0 Å². The molecule has 1 radical (unpaired) electrons. The van der Waals surface area contributed by atoms with Crippen molar-refractivity contribution in [2.45, 2.75) is 12.8 Å². The van der Waals surface area contributed by atoms with Crippen LogP contribution in [0.4, 0.5) is 0 Å². The van der Waals surface area contributed by atoms with E-state index in [2.05, 4.69) is 10.3 Å². The van der Waals surface area contributed by atoms with Crippen LogP contribution in [0.25, 0.3) is 0 Å². The van der Waals surface area contributed by atoms with Crippen molar-refractivity contribution in [3.63, 3.8) is 0 Å². The minimum absolute atomic E-state index is 0. The molecule has 1 aromatic rings. The summed E-state index contributed by atoms with van der Waals surface area (Å²) in [7, 11) is 0. The maximum Gasteiger partial charge on any atom is 0.303 e. The van der Waals surface area contributed by atoms with Crippen LogP contribution in [0, 0.1) is 0 Å². The summed E-state index contributed by atoms with van der Waals surface area (Å²) in [6.45, 7) is 0.361. The largest absolute Gasteiger partial charge is 0.481 e. The molecule has 0 bridgehead atoms. The SMILES string of the molecule is O=C(O)CCCNC(=O)c1cccnc1.[Na]. The summed E-state index contributed by atoms with van der Waals surface area (Å²) < 4.78 is 0. The molecule has 0 aliphatic heterocycles. The van der Waals surface area contributed by atoms with Crippen LogP contribution < -0.4 is 5.32 Å². The van der Waals surface area contributed by atoms with Crippen LogP contribution in [-0.4, -0.2) is 58.1 Å². The second-order valence-electron chi connectivity index (χ2n) is 2.99. The molecular formula is C10H12N2NaO3. The molecule has 0 aliphatic carbocycles. The first-order valence-electron chi connectivity index (χ1n) is 4.60. The smallest absolute Gasteiger partial charge is 0.303 e. The fourth-order valence-electron chi connectivity index (χ4n) is 1.04. The van der Waals surface area contributed by atoms with Gasteiger partial charge in [-0.1, -0.05) is 0 Å². The minimum atomic E-state index is -0.856. The first kappa shape index (κ1) is 15.1. The molecule has 2 N–H and O–H groups in total. The molecule has 0 fully saturated rings. The van der Waals surface area contributed by atoms with E-state index < -0.39 is 5.97 Å². The van der Waals surface area contributed by atoms with Gasteiger partial charge < -0.3 is 10.4 Å². The molecule has 0 saturated carbocycles. The van der Waals surface area contributed by atoms with Gasteiger partial charge in [0.25, 0.3) is 5.91 Å². The summed E-state index contributed by atoms with van der Waals surface area (Å²) >= 11 is 0. The molecule has 81 valence electrons. The Morgan fingerprint density at radius 3 is 2.75 bits per heavy atom. The monoisotopic (exact) mass is 231 g/mol. The van der Waals surface area contributed by atoms with Crippen molar-refractivity contribution < 1.29 is 14.7 Å². The summed E-state index contributed by atoms with van der Waals surface area (Å²) in [5.74, 6) is -1.08. The number of carboxylic acid groups (broad SMARTS) is 1. The fraction of sp³-hybridized carbons (Fsp3) is 0.300. The van der Waals surface area contributed by atoms with Gasteiger partial charge in [0, 0.05) is 54.9 Å². The third-order valence-electron chi connectivity index (χ3n) is 1.78. The zero-order valence-corrected chi connectivity index (χ0v) is 11.1. The molecule has 1 rings (SSSR count). The summed E-state index contributed by atoms with van der Waals surface area (Å²) in [5, 5.41) is 11.0. The van der Waals surface area contributed by atoms with Crippen molar-refractivity contribution in [3.05, 3.63) is 30.1 Å². The van der Waals surface area contributed by atoms with E-state index in [0.717, 1.165) is 0 Å². The second kappa shape index (κ2) is 8.27. The summed E-state index contributed by atoms with van der Waals surface area (Å²) in [4.78, 5) is 25.4. The minimum Gasteiger partial charge on any atom is -0.481 e. The van der Waals surface area contributed by atoms with Crippen molar-refractivity contribution in [2.24, 2.45) is 0 Å². The van der Waals surface area contributed by atoms with Gasteiger partial charge >= 0.3 is 5.97 Å². The fourth-order valence-corrected chi connectivity index (χ4v) is 1.04. The number of amides is 1. The van der Waals surface area contributed by atoms with Crippen LogP contribution >= 0.6 is 0 Å². The maximum atomic E-state index is 11.4. The van der Waals surface area contributed by atoms with Crippen molar-refractivity contribution >= 4 is 41.4 Å². The Morgan fingerprint density at radius 2 is 2.19 bits per heavy atom. The Labute approximate surface area is 116 Å². The van der Waals surface area contributed by atoms with Crippen molar-refractivity contribution in [2.75, 3.05) is 6.54 Å². The van der Waals surface area contributed by atoms with Gasteiger partial charge in [-0.15, -0.1) is 0 Å². The first-order chi connectivity index (χ1) is 7.20. The number of nitrogens with one attached hydrogen (secondary N) is 1. The molecule has 6 heteroatoms. The van der Waals surface area contributed by atoms with Crippen molar-refractivity contribution in [3.8, 4) is 0 Å². The van der Waals surface area contributed by atoms with E-state index >= 15 is 0 Å². The van der Waals surface area contributed by atoms with Gasteiger partial charge in [-0.05, 0) is 18.6 Å². The molecule has 0 aromatic carbocycles. The molecule has 1 heterocycles. The average Bonchev–Trinajstić information content (AvgIpc) is 2.25. The van der Waals surface area contributed by atoms with Crippen LogP contribution in [0.15, 0.2) is 24.5 Å². The van der Waals surface area contributed by atoms with Gasteiger partial charge in [-0.25, -0.2) is 0 Å². The predicted octanol–water partition coefficient (Wildman–Crippen LogP) is 0.295. The Bertz CT molecular complexity index is 343. The van der Waals surface area contributed by atoms with E-state index in [0.29, 0.717) is 18.5 Å². The van der Waals surface area contributed by atoms with E-state index in [1.807, 2.05) is 0 Å². The molecule has 5 nitrogen and oxygen atoms in total. The molecule has 1 amide bonds. The number of pyridine rings is 1. The number of rotatable bonds is 5. The molecule has 0 saturated heterocycles. The standard InChI is InChI=1S/C10H12N2O3.Na/c13-9(14)4-2-6-12-10(15)8-3-1-5-11-7-8;/h1,3,5,7H,2,4,6H2,(H,12,15)(H,13,14);. The Morgan fingerprint density at radius 1 is 1.44 bits per heavy atom. The number of carbonyl (C=O) groups excluding carboxylic acids is 1. The van der Waals surface area contributed by atoms with Crippen LogP contribution in [0.1, 0.15) is 23.2 Å². The molecule has 0 aliphatic rings. The van der Waals surface area contributed by atoms with Gasteiger partial charge in [-0.3, -0.25) is 14.6 Å². The van der Waals surface area contributed by atoms with Crippen molar-refractivity contribution in [1.82, 2.24) is 10.3 Å². The molecular weight excluding hydrogens is 219 g/mol. The van der Waals surface area contributed by atoms with Crippen LogP contribution in [0.5, 0.6) is 0 Å². The molecule has 0 unspecified atom stereocenters. The number of nitrogens with zero attached hydrogens (tertiary/aromatic N) is 1. The molecule has 0 atom stereocenters. The third kappa shape index (κ3) is 5.85. The average molecular weight is 231 g/mol. The normalized spacial score (nSPS) is 9.00. The first-order valence-corrected chi connectivity index (χ1v) is 4.60. The predicted molar refractivity (Wildman–Crippen MR) is 59.2 cm³/mol. The number of hydrogen-bond acceptors (Lipinski definition) is 3. The van der Waals surface area contributed by atoms with Crippen LogP contribution in [0.2, 0.25) is 0 Å². The van der Waals surface area contributed by atoms with E-state index in [-0.39, 0.29) is 41.9 Å². The molecule has 0 spiro atoms. The number of carbonyl (C=O) groups is 2. The Balaban J connectivity index is 0.00000225. The van der Waals surface area contributed by atoms with E-state index in [9.17, 15) is 9.59 Å². The molecule has 16 heavy (non-hydrogen) atoms. The van der Waals surface area contributed by atoms with Gasteiger partial charge in [0.05, 0.1) is 5.56 Å². The van der Waals surface area contributed by atoms with Gasteiger partial charge in [0.1, 0.15) is 0 Å². The van der Waals surface area contributed by atoms with E-state index in [4.69, 9.17) is 5.11 Å². The van der Waals surface area contributed by atoms with E-state index in [1.165, 1.54) is 6.20 Å². The van der Waals surface area contributed by atoms with Gasteiger partial charge in [0.15, 0.2) is 0 Å². The third-order valence-corrected chi connectivity index (χ3v) is 1.78. The zero-order chi connectivity index (χ0) is 11.1. The van der Waals surface area contributed by atoms with Crippen LogP contribution in [0.3, 0.4) is 0 Å². The summed E-state index contributed by atoms with van der Waals surface area (Å²) in [5.41, 5.74) is 0.479. The second-order valence-corrected chi connectivity index (χ2v) is 2.99. The van der Waals surface area contributed by atoms with Gasteiger partial charge in [0.2, 0.25) is 0 Å².